The van der Waals surface area contributed by atoms with Crippen LogP contribution in [-0.4, -0.2) is 16.1 Å². The van der Waals surface area contributed by atoms with E-state index >= 15 is 0 Å². The quantitative estimate of drug-likeness (QED) is 0.611. The Morgan fingerprint density at radius 1 is 1.25 bits per heavy atom. The van der Waals surface area contributed by atoms with Crippen LogP contribution in [0.4, 0.5) is 5.69 Å². The van der Waals surface area contributed by atoms with Crippen molar-refractivity contribution in [3.63, 3.8) is 0 Å². The first-order valence-corrected chi connectivity index (χ1v) is 10.2. The summed E-state index contributed by atoms with van der Waals surface area (Å²) in [5.41, 5.74) is 0.951. The van der Waals surface area contributed by atoms with Crippen molar-refractivity contribution in [2.75, 3.05) is 5.32 Å². The number of nitrogens with one attached hydrogen (secondary N) is 1. The minimum absolute atomic E-state index is 0.285. The molecule has 1 saturated carbocycles. The summed E-state index contributed by atoms with van der Waals surface area (Å²) >= 11 is 13.7. The van der Waals surface area contributed by atoms with Gasteiger partial charge >= 0.3 is 0 Å². The predicted molar refractivity (Wildman–Crippen MR) is 109 cm³/mol. The van der Waals surface area contributed by atoms with E-state index in [1.165, 1.54) is 37.0 Å². The van der Waals surface area contributed by atoms with Gasteiger partial charge in [0.2, 0.25) is 0 Å². The van der Waals surface area contributed by atoms with Gasteiger partial charge in [-0.25, -0.2) is 0 Å². The van der Waals surface area contributed by atoms with E-state index in [9.17, 15) is 0 Å². The predicted octanol–water partition coefficient (Wildman–Crippen LogP) is 6.49. The Labute approximate surface area is 158 Å². The third-order valence-electron chi connectivity index (χ3n) is 4.65. The molecule has 1 aromatic heterocycles. The van der Waals surface area contributed by atoms with Crippen LogP contribution in [0.1, 0.15) is 49.9 Å². The van der Waals surface area contributed by atoms with E-state index < -0.39 is 0 Å². The molecule has 1 atom stereocenters. The van der Waals surface area contributed by atoms with Crippen LogP contribution < -0.4 is 5.32 Å². The second-order valence-corrected chi connectivity index (χ2v) is 8.13. The van der Waals surface area contributed by atoms with Crippen molar-refractivity contribution in [1.29, 1.82) is 0 Å². The number of anilines is 1. The summed E-state index contributed by atoms with van der Waals surface area (Å²) in [5, 5.41) is 7.05. The molecule has 0 amide bonds. The van der Waals surface area contributed by atoms with Crippen molar-refractivity contribution in [3.05, 3.63) is 51.7 Å². The Hall–Kier alpha value is -1.10. The Bertz CT molecular complexity index is 666. The molecule has 3 rings (SSSR count). The van der Waals surface area contributed by atoms with Crippen molar-refractivity contribution >= 4 is 46.0 Å². The third-order valence-corrected chi connectivity index (χ3v) is 6.24. The van der Waals surface area contributed by atoms with Crippen LogP contribution in [-0.2, 0) is 0 Å². The lowest BCUT2D eigenvalue weighted by molar-refractivity contribution is 0.205. The maximum Gasteiger partial charge on any atom is 0.174 e. The Morgan fingerprint density at radius 3 is 2.71 bits per heavy atom. The molecule has 1 aromatic carbocycles. The zero-order valence-corrected chi connectivity index (χ0v) is 16.3. The molecule has 1 aliphatic carbocycles. The van der Waals surface area contributed by atoms with E-state index in [1.54, 1.807) is 11.3 Å². The van der Waals surface area contributed by atoms with Crippen molar-refractivity contribution in [2.24, 2.45) is 0 Å². The smallest absolute Gasteiger partial charge is 0.174 e. The Morgan fingerprint density at radius 2 is 2.04 bits per heavy atom. The normalized spacial score (nSPS) is 16.6. The second kappa shape index (κ2) is 8.32. The van der Waals surface area contributed by atoms with Crippen LogP contribution in [0, 0.1) is 0 Å². The minimum atomic E-state index is 0.285. The molecule has 1 unspecified atom stereocenters. The molecule has 5 heteroatoms. The summed E-state index contributed by atoms with van der Waals surface area (Å²) in [4.78, 5) is 3.76. The van der Waals surface area contributed by atoms with Gasteiger partial charge in [0.25, 0.3) is 0 Å². The fourth-order valence-corrected chi connectivity index (χ4v) is 4.83. The van der Waals surface area contributed by atoms with Gasteiger partial charge in [-0.1, -0.05) is 43.0 Å². The van der Waals surface area contributed by atoms with Crippen LogP contribution in [0.3, 0.4) is 0 Å². The average Bonchev–Trinajstić information content (AvgIpc) is 3.10. The molecule has 2 aromatic rings. The fraction of sp³-hybridized carbons (Fsp3) is 0.421. The molecule has 1 aliphatic rings. The van der Waals surface area contributed by atoms with Crippen LogP contribution in [0.5, 0.6) is 0 Å². The van der Waals surface area contributed by atoms with Crippen LogP contribution in [0.2, 0.25) is 5.02 Å². The highest BCUT2D eigenvalue weighted by atomic mass is 35.5. The van der Waals surface area contributed by atoms with Gasteiger partial charge in [-0.15, -0.1) is 11.3 Å². The first kappa shape index (κ1) is 17.7. The molecule has 1 N–H and O–H groups in total. The number of rotatable bonds is 4. The second-order valence-electron chi connectivity index (χ2n) is 6.33. The lowest BCUT2D eigenvalue weighted by atomic mass is 9.93. The highest BCUT2D eigenvalue weighted by Gasteiger charge is 2.28. The molecule has 0 bridgehead atoms. The number of thiocarbonyl (C=S) groups is 1. The van der Waals surface area contributed by atoms with E-state index in [4.69, 9.17) is 23.8 Å². The number of hydrogen-bond acceptors (Lipinski definition) is 2. The Kier molecular flexibility index (Phi) is 6.14. The molecule has 24 heavy (non-hydrogen) atoms. The average molecular weight is 379 g/mol. The van der Waals surface area contributed by atoms with Crippen molar-refractivity contribution in [1.82, 2.24) is 4.90 Å². The van der Waals surface area contributed by atoms with E-state index in [2.05, 4.69) is 34.7 Å². The summed E-state index contributed by atoms with van der Waals surface area (Å²) in [7, 11) is 0. The molecule has 2 nitrogen and oxygen atoms in total. The zero-order chi connectivity index (χ0) is 16.9. The van der Waals surface area contributed by atoms with Crippen molar-refractivity contribution in [3.8, 4) is 0 Å². The first-order valence-electron chi connectivity index (χ1n) is 8.53. The largest absolute Gasteiger partial charge is 0.338 e. The topological polar surface area (TPSA) is 15.3 Å². The van der Waals surface area contributed by atoms with Crippen LogP contribution >= 0.6 is 35.2 Å². The van der Waals surface area contributed by atoms with E-state index in [0.29, 0.717) is 6.04 Å². The van der Waals surface area contributed by atoms with Gasteiger partial charge in [-0.3, -0.25) is 0 Å². The van der Waals surface area contributed by atoms with Crippen LogP contribution in [0.25, 0.3) is 0 Å². The maximum absolute atomic E-state index is 6.11. The number of hydrogen-bond donors (Lipinski definition) is 1. The summed E-state index contributed by atoms with van der Waals surface area (Å²) < 4.78 is 0. The number of halogens is 1. The molecule has 1 fully saturated rings. The highest BCUT2D eigenvalue weighted by Crippen LogP contribution is 2.33. The lowest BCUT2D eigenvalue weighted by Crippen LogP contribution is -2.45. The van der Waals surface area contributed by atoms with E-state index in [-0.39, 0.29) is 6.04 Å². The number of thiophene rings is 1. The molecular weight excluding hydrogens is 356 g/mol. The first-order chi connectivity index (χ1) is 11.6. The van der Waals surface area contributed by atoms with Gasteiger partial charge in [0, 0.05) is 21.6 Å². The monoisotopic (exact) mass is 378 g/mol. The van der Waals surface area contributed by atoms with Gasteiger partial charge in [-0.05, 0) is 61.6 Å². The van der Waals surface area contributed by atoms with E-state index in [1.807, 2.05) is 24.3 Å². The maximum atomic E-state index is 6.11. The molecule has 0 saturated heterocycles. The molecule has 1 heterocycles. The highest BCUT2D eigenvalue weighted by molar-refractivity contribution is 7.80. The molecule has 0 radical (unpaired) electrons. The number of nitrogens with zero attached hydrogens (tertiary/aromatic N) is 1. The van der Waals surface area contributed by atoms with Crippen molar-refractivity contribution in [2.45, 2.75) is 51.1 Å². The van der Waals surface area contributed by atoms with Crippen LogP contribution in [0.15, 0.2) is 41.8 Å². The summed E-state index contributed by atoms with van der Waals surface area (Å²) in [6.07, 6.45) is 6.35. The molecular formula is C19H23ClN2S2. The standard InChI is InChI=1S/C19H23ClN2S2/c1-14(18-11-6-12-24-18)22(17-9-3-2-4-10-17)19(23)21-16-8-5-7-15(20)13-16/h5-8,11-14,17H,2-4,9-10H2,1H3,(H,21,23). The van der Waals surface area contributed by atoms with Gasteiger partial charge in [0.15, 0.2) is 5.11 Å². The summed E-state index contributed by atoms with van der Waals surface area (Å²) in [6.45, 7) is 2.26. The fourth-order valence-electron chi connectivity index (χ4n) is 3.44. The molecule has 0 aliphatic heterocycles. The van der Waals surface area contributed by atoms with Crippen molar-refractivity contribution < 1.29 is 0 Å². The Balaban J connectivity index is 1.81. The van der Waals surface area contributed by atoms with E-state index in [0.717, 1.165) is 15.8 Å². The minimum Gasteiger partial charge on any atom is -0.338 e. The third kappa shape index (κ3) is 4.29. The molecule has 128 valence electrons. The molecule has 0 spiro atoms. The van der Waals surface area contributed by atoms with Gasteiger partial charge in [0.05, 0.1) is 6.04 Å². The SMILES string of the molecule is CC(c1cccs1)N(C(=S)Nc1cccc(Cl)c1)C1CCCCC1. The summed E-state index contributed by atoms with van der Waals surface area (Å²) in [5.74, 6) is 0. The lowest BCUT2D eigenvalue weighted by Gasteiger charge is -2.40. The zero-order valence-electron chi connectivity index (χ0n) is 13.9. The van der Waals surface area contributed by atoms with Gasteiger partial charge in [0.1, 0.15) is 0 Å². The number of benzene rings is 1. The van der Waals surface area contributed by atoms with Gasteiger partial charge in [-0.2, -0.15) is 0 Å². The van der Waals surface area contributed by atoms with Gasteiger partial charge < -0.3 is 10.2 Å². The summed E-state index contributed by atoms with van der Waals surface area (Å²) in [6, 6.07) is 12.9.